The molecule has 0 aromatic carbocycles. The highest BCUT2D eigenvalue weighted by Crippen LogP contribution is 2.45. The monoisotopic (exact) mass is 1550 g/mol. The van der Waals surface area contributed by atoms with Crippen molar-refractivity contribution in [3.63, 3.8) is 0 Å². The van der Waals surface area contributed by atoms with Gasteiger partial charge in [-0.2, -0.15) is 0 Å². The molecule has 0 spiro atoms. The summed E-state index contributed by atoms with van der Waals surface area (Å²) in [6, 6.07) is 0. The number of phosphoric acid groups is 2. The van der Waals surface area contributed by atoms with Gasteiger partial charge in [-0.3, -0.25) is 32.5 Å². The molecule has 16 nitrogen and oxygen atoms in total. The summed E-state index contributed by atoms with van der Waals surface area (Å²) in [6.07, 6.45) is 96.0. The lowest BCUT2D eigenvalue weighted by atomic mass is 10.0. The topological polar surface area (TPSA) is 231 Å². The average Bonchev–Trinajstić information content (AvgIpc) is 1.06. The zero-order valence-electron chi connectivity index (χ0n) is 68.3. The van der Waals surface area contributed by atoms with E-state index in [1.165, 1.54) is 218 Å². The number of aliphatic hydroxyl groups excluding tert-OH is 2. The Labute approximate surface area is 654 Å². The minimum absolute atomic E-state index is 0.108. The van der Waals surface area contributed by atoms with Gasteiger partial charge in [0.2, 0.25) is 0 Å². The summed E-state index contributed by atoms with van der Waals surface area (Å²) in [4.78, 5) is 58.8. The zero-order valence-corrected chi connectivity index (χ0v) is 70.1. The fraction of sp³-hybridized carbons (Fsp3) is 0.787. The summed E-state index contributed by atoms with van der Waals surface area (Å²) in [7, 11) is -9.78. The molecule has 0 aliphatic rings. The molecule has 18 heteroatoms. The highest BCUT2D eigenvalue weighted by Gasteiger charge is 2.29. The normalized spacial score (nSPS) is 14.3. The Morgan fingerprint density at radius 1 is 0.262 bits per heavy atom. The minimum Gasteiger partial charge on any atom is -0.463 e. The third-order valence-electron chi connectivity index (χ3n) is 18.8. The standard InChI is InChI=1S/C89H160O16P2/c1-4-7-10-13-16-19-22-25-27-29-31-33-35-37-39-40-41-42-44-46-47-49-51-53-55-58-60-63-66-69-72-75-87(92)99-78-84(90)79-101-106(95,96)102-80-85(91)81-103-107(97,98)104-83-86(105-89(94)77-74-71-68-65-62-57-24-21-18-15-12-9-6-3)82-100-88(93)76-73-70-67-64-61-59-56-54-52-50-48-45-43-38-36-34-32-30-28-26-23-20-17-14-11-8-5-2/h16-17,19-20,25-28,31-34,37-39,43,84-86,90-91H,4-15,18,21-24,29-30,35-36,40-42,44-83H2,1-3H3,(H,95,96)(H,97,98)/b19-16-,20-17-,27-25-,28-26-,33-31-,34-32-,39-37-,43-38-. The van der Waals surface area contributed by atoms with Gasteiger partial charge in [0.05, 0.1) is 26.4 Å². The van der Waals surface area contributed by atoms with E-state index in [2.05, 4.69) is 118 Å². The number of ether oxygens (including phenoxy) is 3. The molecule has 0 heterocycles. The zero-order chi connectivity index (χ0) is 78.0. The van der Waals surface area contributed by atoms with Crippen LogP contribution in [0.2, 0.25) is 0 Å². The number of rotatable bonds is 83. The van der Waals surface area contributed by atoms with Crippen LogP contribution in [0.15, 0.2) is 97.2 Å². The van der Waals surface area contributed by atoms with E-state index in [-0.39, 0.29) is 19.3 Å². The van der Waals surface area contributed by atoms with Crippen molar-refractivity contribution < 1.29 is 75.8 Å². The van der Waals surface area contributed by atoms with Gasteiger partial charge in [0.1, 0.15) is 25.4 Å². The van der Waals surface area contributed by atoms with Crippen molar-refractivity contribution in [2.24, 2.45) is 0 Å². The summed E-state index contributed by atoms with van der Waals surface area (Å²) >= 11 is 0. The van der Waals surface area contributed by atoms with Crippen LogP contribution in [0.25, 0.3) is 0 Å². The number of carbonyl (C=O) groups is 3. The Hall–Kier alpha value is -3.53. The molecule has 0 aromatic rings. The molecule has 5 unspecified atom stereocenters. The van der Waals surface area contributed by atoms with E-state index in [0.717, 1.165) is 116 Å². The van der Waals surface area contributed by atoms with Gasteiger partial charge in [0.15, 0.2) is 6.10 Å². The highest BCUT2D eigenvalue weighted by atomic mass is 31.2. The van der Waals surface area contributed by atoms with E-state index in [1.807, 2.05) is 0 Å². The van der Waals surface area contributed by atoms with Gasteiger partial charge < -0.3 is 34.2 Å². The van der Waals surface area contributed by atoms with Crippen LogP contribution in [0.4, 0.5) is 0 Å². The predicted octanol–water partition coefficient (Wildman–Crippen LogP) is 26.1. The maximum atomic E-state index is 13.0. The van der Waals surface area contributed by atoms with Crippen LogP contribution in [0.1, 0.15) is 393 Å². The minimum atomic E-state index is -4.93. The van der Waals surface area contributed by atoms with E-state index in [4.69, 9.17) is 32.3 Å². The summed E-state index contributed by atoms with van der Waals surface area (Å²) in [5.41, 5.74) is 0. The number of carbonyl (C=O) groups excluding carboxylic acids is 3. The van der Waals surface area contributed by atoms with Gasteiger partial charge in [-0.25, -0.2) is 9.13 Å². The van der Waals surface area contributed by atoms with E-state index in [1.54, 1.807) is 0 Å². The second-order valence-corrected chi connectivity index (χ2v) is 32.3. The smallest absolute Gasteiger partial charge is 0.463 e. The molecule has 0 fully saturated rings. The molecular weight excluding hydrogens is 1390 g/mol. The van der Waals surface area contributed by atoms with Gasteiger partial charge in [-0.15, -0.1) is 0 Å². The third-order valence-corrected chi connectivity index (χ3v) is 20.7. The fourth-order valence-electron chi connectivity index (χ4n) is 12.1. The SMILES string of the molecule is CCCCC/C=C\C/C=C\C/C=C\C/C=C\CCCCCCCCCCCCCCCCCC(=O)OCC(O)COP(=O)(O)OCC(O)COP(=O)(O)OCC(COC(=O)CCCCCCCCCCCCC/C=C\C/C=C\C/C=C\C/C=C\CCCCC)OC(=O)CCCCCCCCCCCCCCC. The van der Waals surface area contributed by atoms with Crippen LogP contribution < -0.4 is 0 Å². The van der Waals surface area contributed by atoms with Crippen LogP contribution in [0, 0.1) is 0 Å². The van der Waals surface area contributed by atoms with Crippen LogP contribution in [0.3, 0.4) is 0 Å². The summed E-state index contributed by atoms with van der Waals surface area (Å²) in [5, 5.41) is 20.7. The summed E-state index contributed by atoms with van der Waals surface area (Å²) < 4.78 is 61.3. The predicted molar refractivity (Wildman–Crippen MR) is 445 cm³/mol. The van der Waals surface area contributed by atoms with Crippen molar-refractivity contribution in [3.8, 4) is 0 Å². The van der Waals surface area contributed by atoms with Crippen molar-refractivity contribution in [1.29, 1.82) is 0 Å². The van der Waals surface area contributed by atoms with Gasteiger partial charge >= 0.3 is 33.6 Å². The lowest BCUT2D eigenvalue weighted by Gasteiger charge is -2.21. The van der Waals surface area contributed by atoms with Crippen molar-refractivity contribution in [2.45, 2.75) is 411 Å². The first kappa shape index (κ1) is 103. The number of esters is 3. The van der Waals surface area contributed by atoms with E-state index < -0.39 is 91.5 Å². The first-order valence-electron chi connectivity index (χ1n) is 43.5. The first-order valence-corrected chi connectivity index (χ1v) is 46.5. The number of hydrogen-bond donors (Lipinski definition) is 4. The number of allylic oxidation sites excluding steroid dienone is 16. The maximum Gasteiger partial charge on any atom is 0.472 e. The van der Waals surface area contributed by atoms with E-state index >= 15 is 0 Å². The second kappa shape index (κ2) is 81.9. The van der Waals surface area contributed by atoms with E-state index in [9.17, 15) is 43.5 Å². The van der Waals surface area contributed by atoms with Crippen molar-refractivity contribution in [3.05, 3.63) is 97.2 Å². The lowest BCUT2D eigenvalue weighted by Crippen LogP contribution is -2.30. The fourth-order valence-corrected chi connectivity index (χ4v) is 13.7. The Bertz CT molecular complexity index is 2330. The molecule has 0 saturated carbocycles. The Morgan fingerprint density at radius 2 is 0.467 bits per heavy atom. The molecule has 0 aromatic heterocycles. The molecule has 107 heavy (non-hydrogen) atoms. The van der Waals surface area contributed by atoms with Gasteiger partial charge in [-0.1, -0.05) is 362 Å². The van der Waals surface area contributed by atoms with Crippen LogP contribution >= 0.6 is 15.6 Å². The van der Waals surface area contributed by atoms with Crippen LogP contribution in [0.5, 0.6) is 0 Å². The lowest BCUT2D eigenvalue weighted by molar-refractivity contribution is -0.161. The van der Waals surface area contributed by atoms with Crippen molar-refractivity contribution in [2.75, 3.05) is 39.6 Å². The molecule has 0 rings (SSSR count). The molecule has 0 amide bonds. The number of phosphoric ester groups is 2. The Kier molecular flexibility index (Phi) is 79.2. The van der Waals surface area contributed by atoms with Gasteiger partial charge in [-0.05, 0) is 109 Å². The van der Waals surface area contributed by atoms with Gasteiger partial charge in [0.25, 0.3) is 0 Å². The van der Waals surface area contributed by atoms with Crippen molar-refractivity contribution in [1.82, 2.24) is 0 Å². The van der Waals surface area contributed by atoms with Crippen LogP contribution in [-0.2, 0) is 55.8 Å². The molecule has 0 saturated heterocycles. The molecule has 0 aliphatic heterocycles. The van der Waals surface area contributed by atoms with Crippen LogP contribution in [-0.4, -0.2) is 95.9 Å². The maximum absolute atomic E-state index is 13.0. The Morgan fingerprint density at radius 3 is 0.757 bits per heavy atom. The average molecular weight is 1550 g/mol. The number of unbranched alkanes of at least 4 members (excludes halogenated alkanes) is 44. The Balaban J connectivity index is 4.43. The number of aliphatic hydroxyl groups is 2. The molecule has 5 atom stereocenters. The highest BCUT2D eigenvalue weighted by molar-refractivity contribution is 7.47. The number of hydrogen-bond acceptors (Lipinski definition) is 14. The summed E-state index contributed by atoms with van der Waals surface area (Å²) in [6.45, 7) is 2.68. The molecule has 622 valence electrons. The molecule has 0 radical (unpaired) electrons. The van der Waals surface area contributed by atoms with Gasteiger partial charge in [0, 0.05) is 19.3 Å². The van der Waals surface area contributed by atoms with E-state index in [0.29, 0.717) is 19.3 Å². The molecule has 0 bridgehead atoms. The quantitative estimate of drug-likeness (QED) is 0.0146. The first-order chi connectivity index (χ1) is 52.2. The molecular formula is C89H160O16P2. The van der Waals surface area contributed by atoms with Crippen molar-refractivity contribution >= 4 is 33.6 Å². The summed E-state index contributed by atoms with van der Waals surface area (Å²) in [5.74, 6) is -1.56. The molecule has 4 N–H and O–H groups in total. The second-order valence-electron chi connectivity index (χ2n) is 29.3. The largest absolute Gasteiger partial charge is 0.472 e. The third kappa shape index (κ3) is 83.2. The molecule has 0 aliphatic carbocycles.